The number of carbonyl (C=O) groups is 1. The van der Waals surface area contributed by atoms with Crippen LogP contribution in [0.1, 0.15) is 45.4 Å². The fourth-order valence-corrected chi connectivity index (χ4v) is 5.44. The molecule has 7 heteroatoms. The second-order valence-corrected chi connectivity index (χ2v) is 9.66. The Hall–Kier alpha value is -1.31. The van der Waals surface area contributed by atoms with Crippen LogP contribution in [0, 0.1) is 0 Å². The van der Waals surface area contributed by atoms with Gasteiger partial charge in [0.1, 0.15) is 0 Å². The minimum Gasteiger partial charge on any atom is -0.311 e. The molecule has 1 heterocycles. The number of fused-ring (bicyclic) bond motifs is 1. The lowest BCUT2D eigenvalue weighted by Gasteiger charge is -2.21. The van der Waals surface area contributed by atoms with Gasteiger partial charge in [0.2, 0.25) is 15.9 Å². The monoisotopic (exact) mass is 394 g/mol. The van der Waals surface area contributed by atoms with Gasteiger partial charge in [-0.3, -0.25) is 4.79 Å². The molecule has 1 N–H and O–H groups in total. The van der Waals surface area contributed by atoms with Crippen molar-refractivity contribution < 1.29 is 13.2 Å². The number of sulfonamides is 1. The summed E-state index contributed by atoms with van der Waals surface area (Å²) < 4.78 is 28.1. The maximum atomic E-state index is 12.7. The summed E-state index contributed by atoms with van der Waals surface area (Å²) in [5.41, 5.74) is 2.05. The Morgan fingerprint density at radius 2 is 2.12 bits per heavy atom. The van der Waals surface area contributed by atoms with Crippen LogP contribution in [0.25, 0.3) is 0 Å². The van der Waals surface area contributed by atoms with Crippen molar-refractivity contribution in [3.05, 3.63) is 29.8 Å². The number of hydrogen-bond donors (Lipinski definition) is 1. The van der Waals surface area contributed by atoms with Crippen LogP contribution >= 0.6 is 11.8 Å². The molecule has 5 nitrogen and oxygen atoms in total. The van der Waals surface area contributed by atoms with E-state index in [9.17, 15) is 13.2 Å². The third-order valence-electron chi connectivity index (χ3n) is 4.82. The topological polar surface area (TPSA) is 66.5 Å². The Labute approximate surface area is 160 Å². The number of hydrogen-bond acceptors (Lipinski definition) is 4. The molecular weight excluding hydrogens is 368 g/mol. The Morgan fingerprint density at radius 3 is 2.85 bits per heavy atom. The second-order valence-electron chi connectivity index (χ2n) is 6.76. The highest BCUT2D eigenvalue weighted by atomic mass is 32.2. The third kappa shape index (κ3) is 4.69. The van der Waals surface area contributed by atoms with E-state index in [1.165, 1.54) is 25.3 Å². The van der Waals surface area contributed by atoms with Gasteiger partial charge in [-0.1, -0.05) is 11.6 Å². The van der Waals surface area contributed by atoms with Crippen molar-refractivity contribution in [3.63, 3.8) is 0 Å². The molecule has 1 aromatic rings. The highest BCUT2D eigenvalue weighted by Crippen LogP contribution is 2.35. The van der Waals surface area contributed by atoms with Crippen LogP contribution in [0.3, 0.4) is 0 Å². The molecule has 0 bridgehead atoms. The second kappa shape index (κ2) is 8.59. The lowest BCUT2D eigenvalue weighted by Crippen LogP contribution is -2.30. The molecule has 1 aromatic carbocycles. The van der Waals surface area contributed by atoms with Gasteiger partial charge in [0.15, 0.2) is 0 Å². The number of nitrogens with one attached hydrogen (secondary N) is 1. The molecule has 1 amide bonds. The van der Waals surface area contributed by atoms with Gasteiger partial charge in [0.25, 0.3) is 0 Å². The smallest absolute Gasteiger partial charge is 0.240 e. The first-order chi connectivity index (χ1) is 12.5. The zero-order chi connectivity index (χ0) is 18.6. The minimum atomic E-state index is -3.58. The number of nitrogens with zero attached hydrogens (tertiary/aromatic N) is 1. The van der Waals surface area contributed by atoms with Crippen molar-refractivity contribution in [1.29, 1.82) is 0 Å². The molecule has 0 atom stereocenters. The molecule has 0 saturated heterocycles. The summed E-state index contributed by atoms with van der Waals surface area (Å²) in [7, 11) is -3.58. The molecule has 3 rings (SSSR count). The molecule has 0 unspecified atom stereocenters. The molecule has 142 valence electrons. The molecule has 0 saturated carbocycles. The summed E-state index contributed by atoms with van der Waals surface area (Å²) in [6.45, 7) is 2.56. The van der Waals surface area contributed by atoms with Crippen molar-refractivity contribution in [1.82, 2.24) is 4.72 Å². The molecule has 1 aliphatic carbocycles. The van der Waals surface area contributed by atoms with Crippen molar-refractivity contribution >= 4 is 33.4 Å². The summed E-state index contributed by atoms with van der Waals surface area (Å²) in [6, 6.07) is 5.09. The summed E-state index contributed by atoms with van der Waals surface area (Å²) in [6.07, 6.45) is 8.50. The van der Waals surface area contributed by atoms with Crippen LogP contribution in [-0.2, 0) is 14.8 Å². The molecule has 1 aliphatic heterocycles. The fraction of sp³-hybridized carbons (Fsp3) is 0.526. The third-order valence-corrected chi connectivity index (χ3v) is 7.43. The SMILES string of the molecule is CC(=O)N1CCCSc2ccc(S(=O)(=O)NCCC3=CCCCC3)cc21. The summed E-state index contributed by atoms with van der Waals surface area (Å²) in [5.74, 6) is 0.872. The van der Waals surface area contributed by atoms with Crippen LogP contribution in [0.15, 0.2) is 39.6 Å². The molecule has 0 aromatic heterocycles. The largest absolute Gasteiger partial charge is 0.311 e. The number of benzene rings is 1. The van der Waals surface area contributed by atoms with Crippen molar-refractivity contribution in [3.8, 4) is 0 Å². The molecule has 0 fully saturated rings. The number of thioether (sulfide) groups is 1. The average Bonchev–Trinajstić information content (AvgIpc) is 2.84. The Bertz CT molecular complexity index is 803. The summed E-state index contributed by atoms with van der Waals surface area (Å²) in [5, 5.41) is 0. The molecule has 0 radical (unpaired) electrons. The maximum Gasteiger partial charge on any atom is 0.240 e. The predicted octanol–water partition coefficient (Wildman–Crippen LogP) is 3.70. The minimum absolute atomic E-state index is 0.0551. The number of allylic oxidation sites excluding steroid dienone is 1. The Kier molecular flexibility index (Phi) is 6.42. The summed E-state index contributed by atoms with van der Waals surface area (Å²) >= 11 is 1.67. The highest BCUT2D eigenvalue weighted by Gasteiger charge is 2.22. The van der Waals surface area contributed by atoms with Gasteiger partial charge in [0, 0.05) is 24.9 Å². The van der Waals surface area contributed by atoms with Gasteiger partial charge in [-0.05, 0) is 62.5 Å². The van der Waals surface area contributed by atoms with Crippen LogP contribution in [0.2, 0.25) is 0 Å². The van der Waals surface area contributed by atoms with E-state index in [4.69, 9.17) is 0 Å². The van der Waals surface area contributed by atoms with E-state index >= 15 is 0 Å². The number of anilines is 1. The quantitative estimate of drug-likeness (QED) is 0.773. The van der Waals surface area contributed by atoms with Gasteiger partial charge in [-0.15, -0.1) is 11.8 Å². The van der Waals surface area contributed by atoms with Crippen molar-refractivity contribution in [2.24, 2.45) is 0 Å². The fourth-order valence-electron chi connectivity index (χ4n) is 3.41. The summed E-state index contributed by atoms with van der Waals surface area (Å²) in [4.78, 5) is 14.8. The van der Waals surface area contributed by atoms with E-state index in [0.29, 0.717) is 18.8 Å². The maximum absolute atomic E-state index is 12.7. The van der Waals surface area contributed by atoms with Crippen molar-refractivity contribution in [2.45, 2.75) is 55.2 Å². The number of rotatable bonds is 5. The van der Waals surface area contributed by atoms with Gasteiger partial charge in [0.05, 0.1) is 10.6 Å². The number of carbonyl (C=O) groups excluding carboxylic acids is 1. The first-order valence-corrected chi connectivity index (χ1v) is 11.7. The van der Waals surface area contributed by atoms with E-state index < -0.39 is 10.0 Å². The lowest BCUT2D eigenvalue weighted by molar-refractivity contribution is -0.116. The standard InChI is InChI=1S/C19H26N2O3S2/c1-15(22)21-12-5-13-25-19-9-8-17(14-18(19)21)26(23,24)20-11-10-16-6-3-2-4-7-16/h6,8-9,14,20H,2-5,7,10-13H2,1H3. The van der Waals surface area contributed by atoms with Crippen LogP contribution < -0.4 is 9.62 Å². The van der Waals surface area contributed by atoms with Gasteiger partial charge in [-0.25, -0.2) is 13.1 Å². The van der Waals surface area contributed by atoms with E-state index in [2.05, 4.69) is 10.8 Å². The highest BCUT2D eigenvalue weighted by molar-refractivity contribution is 7.99. The molecule has 0 spiro atoms. The van der Waals surface area contributed by atoms with Crippen molar-refractivity contribution in [2.75, 3.05) is 23.7 Å². The van der Waals surface area contributed by atoms with Crippen LogP contribution in [-0.4, -0.2) is 33.2 Å². The van der Waals surface area contributed by atoms with Crippen LogP contribution in [0.5, 0.6) is 0 Å². The van der Waals surface area contributed by atoms with E-state index in [-0.39, 0.29) is 10.8 Å². The Morgan fingerprint density at radius 1 is 1.27 bits per heavy atom. The molecule has 26 heavy (non-hydrogen) atoms. The number of amides is 1. The Balaban J connectivity index is 1.75. The first kappa shape index (κ1) is 19.5. The molecular formula is C19H26N2O3S2. The lowest BCUT2D eigenvalue weighted by atomic mass is 9.97. The average molecular weight is 395 g/mol. The zero-order valence-electron chi connectivity index (χ0n) is 15.2. The van der Waals surface area contributed by atoms with Gasteiger partial charge in [-0.2, -0.15) is 0 Å². The zero-order valence-corrected chi connectivity index (χ0v) is 16.8. The van der Waals surface area contributed by atoms with Crippen LogP contribution in [0.4, 0.5) is 5.69 Å². The predicted molar refractivity (Wildman–Crippen MR) is 106 cm³/mol. The van der Waals surface area contributed by atoms with E-state index in [1.807, 2.05) is 6.07 Å². The normalized spacial score (nSPS) is 18.0. The van der Waals surface area contributed by atoms with Gasteiger partial charge >= 0.3 is 0 Å². The van der Waals surface area contributed by atoms with Gasteiger partial charge < -0.3 is 4.90 Å². The van der Waals surface area contributed by atoms with E-state index in [1.54, 1.807) is 28.8 Å². The molecule has 2 aliphatic rings. The first-order valence-electron chi connectivity index (χ1n) is 9.20. The van der Waals surface area contributed by atoms with E-state index in [0.717, 1.165) is 36.3 Å².